The minimum absolute atomic E-state index is 0.146. The Morgan fingerprint density at radius 1 is 0.889 bits per heavy atom. The van der Waals surface area contributed by atoms with Crippen LogP contribution in [0.15, 0.2) is 77.7 Å². The Balaban J connectivity index is 1.78. The first-order valence-corrected chi connectivity index (χ1v) is 9.97. The third-order valence-electron chi connectivity index (χ3n) is 3.83. The Kier molecular flexibility index (Phi) is 5.48. The smallest absolute Gasteiger partial charge is 0.261 e. The second kappa shape index (κ2) is 7.82. The van der Waals surface area contributed by atoms with E-state index in [-0.39, 0.29) is 27.1 Å². The van der Waals surface area contributed by atoms with Crippen molar-refractivity contribution < 1.29 is 13.2 Å². The van der Waals surface area contributed by atoms with Crippen LogP contribution in [0.25, 0.3) is 0 Å². The quantitative estimate of drug-likeness (QED) is 0.651. The summed E-state index contributed by atoms with van der Waals surface area (Å²) >= 11 is 6.19. The van der Waals surface area contributed by atoms with Gasteiger partial charge in [-0.25, -0.2) is 8.42 Å². The molecule has 0 atom stereocenters. The summed E-state index contributed by atoms with van der Waals surface area (Å²) in [6.07, 6.45) is 0. The van der Waals surface area contributed by atoms with Crippen molar-refractivity contribution in [2.75, 3.05) is 10.0 Å². The van der Waals surface area contributed by atoms with Gasteiger partial charge in [0.15, 0.2) is 0 Å². The Morgan fingerprint density at radius 2 is 1.56 bits per heavy atom. The van der Waals surface area contributed by atoms with E-state index < -0.39 is 10.0 Å². The highest BCUT2D eigenvalue weighted by Crippen LogP contribution is 2.24. The van der Waals surface area contributed by atoms with E-state index >= 15 is 0 Å². The summed E-state index contributed by atoms with van der Waals surface area (Å²) in [5.74, 6) is -0.376. The van der Waals surface area contributed by atoms with Crippen LogP contribution in [0.1, 0.15) is 15.9 Å². The first kappa shape index (κ1) is 18.9. The lowest BCUT2D eigenvalue weighted by molar-refractivity contribution is 0.102. The predicted octanol–water partition coefficient (Wildman–Crippen LogP) is 4.70. The van der Waals surface area contributed by atoms with Crippen LogP contribution in [0.4, 0.5) is 11.4 Å². The van der Waals surface area contributed by atoms with Crippen LogP contribution in [-0.4, -0.2) is 14.3 Å². The van der Waals surface area contributed by atoms with Crippen LogP contribution < -0.4 is 10.0 Å². The van der Waals surface area contributed by atoms with Crippen molar-refractivity contribution in [3.8, 4) is 0 Å². The van der Waals surface area contributed by atoms with Gasteiger partial charge < -0.3 is 5.32 Å². The van der Waals surface area contributed by atoms with Crippen molar-refractivity contribution in [2.45, 2.75) is 11.8 Å². The zero-order valence-corrected chi connectivity index (χ0v) is 16.0. The van der Waals surface area contributed by atoms with Crippen molar-refractivity contribution in [3.05, 3.63) is 88.9 Å². The Morgan fingerprint density at radius 3 is 2.19 bits per heavy atom. The molecule has 3 rings (SSSR count). The molecule has 0 radical (unpaired) electrons. The zero-order valence-electron chi connectivity index (χ0n) is 14.4. The highest BCUT2D eigenvalue weighted by molar-refractivity contribution is 7.92. The van der Waals surface area contributed by atoms with Gasteiger partial charge in [0.05, 0.1) is 21.2 Å². The van der Waals surface area contributed by atoms with Crippen molar-refractivity contribution in [1.29, 1.82) is 0 Å². The molecule has 0 aliphatic heterocycles. The first-order chi connectivity index (χ1) is 12.8. The lowest BCUT2D eigenvalue weighted by Gasteiger charge is -2.11. The van der Waals surface area contributed by atoms with Gasteiger partial charge >= 0.3 is 0 Å². The highest BCUT2D eigenvalue weighted by atomic mass is 35.5. The molecule has 0 saturated carbocycles. The molecule has 0 heterocycles. The second-order valence-corrected chi connectivity index (χ2v) is 8.02. The topological polar surface area (TPSA) is 75.3 Å². The zero-order chi connectivity index (χ0) is 19.4. The van der Waals surface area contributed by atoms with Crippen molar-refractivity contribution in [1.82, 2.24) is 0 Å². The minimum Gasteiger partial charge on any atom is -0.322 e. The fourth-order valence-electron chi connectivity index (χ4n) is 2.41. The number of hydrogen-bond acceptors (Lipinski definition) is 3. The molecule has 138 valence electrons. The third kappa shape index (κ3) is 4.67. The first-order valence-electron chi connectivity index (χ1n) is 8.10. The van der Waals surface area contributed by atoms with Gasteiger partial charge in [-0.2, -0.15) is 0 Å². The number of carbonyl (C=O) groups excluding carboxylic acids is 1. The summed E-state index contributed by atoms with van der Waals surface area (Å²) in [4.78, 5) is 12.5. The molecule has 0 aliphatic carbocycles. The van der Waals surface area contributed by atoms with E-state index in [2.05, 4.69) is 10.0 Å². The maximum absolute atomic E-state index is 12.5. The molecule has 1 amide bonds. The van der Waals surface area contributed by atoms with Gasteiger partial charge in [-0.05, 0) is 49.4 Å². The molecule has 0 bridgehead atoms. The predicted molar refractivity (Wildman–Crippen MR) is 108 cm³/mol. The van der Waals surface area contributed by atoms with Crippen LogP contribution in [0.2, 0.25) is 5.02 Å². The number of carbonyl (C=O) groups is 1. The molecule has 0 unspecified atom stereocenters. The van der Waals surface area contributed by atoms with Gasteiger partial charge in [0, 0.05) is 5.69 Å². The fourth-order valence-corrected chi connectivity index (χ4v) is 3.73. The molecule has 0 fully saturated rings. The number of sulfonamides is 1. The van der Waals surface area contributed by atoms with E-state index in [4.69, 9.17) is 11.6 Å². The average molecular weight is 401 g/mol. The van der Waals surface area contributed by atoms with Gasteiger partial charge in [-0.3, -0.25) is 9.52 Å². The highest BCUT2D eigenvalue weighted by Gasteiger charge is 2.16. The van der Waals surface area contributed by atoms with Crippen LogP contribution in [0, 0.1) is 6.92 Å². The Labute approximate surface area is 163 Å². The number of aryl methyl sites for hydroxylation is 1. The molecule has 27 heavy (non-hydrogen) atoms. The summed E-state index contributed by atoms with van der Waals surface area (Å²) < 4.78 is 27.4. The molecular weight excluding hydrogens is 384 g/mol. The van der Waals surface area contributed by atoms with Crippen molar-refractivity contribution in [3.63, 3.8) is 0 Å². The standard InChI is InChI=1S/C20H17ClN2O3S/c1-14-7-10-17(11-8-14)27(25,26)23-16-9-12-18(19(21)13-16)20(24)22-15-5-3-2-4-6-15/h2-13,23H,1H3,(H,22,24). The summed E-state index contributed by atoms with van der Waals surface area (Å²) in [7, 11) is -3.74. The van der Waals surface area contributed by atoms with Crippen molar-refractivity contribution in [2.24, 2.45) is 0 Å². The van der Waals surface area contributed by atoms with Gasteiger partial charge in [-0.15, -0.1) is 0 Å². The monoisotopic (exact) mass is 400 g/mol. The lowest BCUT2D eigenvalue weighted by atomic mass is 10.2. The van der Waals surface area contributed by atoms with Crippen LogP contribution in [-0.2, 0) is 10.0 Å². The van der Waals surface area contributed by atoms with E-state index in [1.807, 2.05) is 13.0 Å². The molecule has 3 aromatic rings. The maximum atomic E-state index is 12.5. The number of amides is 1. The maximum Gasteiger partial charge on any atom is 0.261 e. The van der Waals surface area contributed by atoms with Crippen molar-refractivity contribution >= 4 is 38.9 Å². The fraction of sp³-hybridized carbons (Fsp3) is 0.0500. The number of rotatable bonds is 5. The third-order valence-corrected chi connectivity index (χ3v) is 5.54. The number of para-hydroxylation sites is 1. The second-order valence-electron chi connectivity index (χ2n) is 5.93. The minimum atomic E-state index is -3.74. The summed E-state index contributed by atoms with van der Waals surface area (Å²) in [5.41, 5.74) is 2.13. The van der Waals surface area contributed by atoms with Crippen LogP contribution in [0.5, 0.6) is 0 Å². The molecule has 3 aromatic carbocycles. The molecule has 0 aromatic heterocycles. The SMILES string of the molecule is Cc1ccc(S(=O)(=O)Nc2ccc(C(=O)Nc3ccccc3)c(Cl)c2)cc1. The largest absolute Gasteiger partial charge is 0.322 e. The molecule has 0 saturated heterocycles. The number of anilines is 2. The number of hydrogen-bond donors (Lipinski definition) is 2. The van der Waals surface area contributed by atoms with E-state index in [9.17, 15) is 13.2 Å². The van der Waals surface area contributed by atoms with Gasteiger partial charge in [-0.1, -0.05) is 47.5 Å². The van der Waals surface area contributed by atoms with E-state index in [0.29, 0.717) is 5.69 Å². The summed E-state index contributed by atoms with van der Waals surface area (Å²) in [6, 6.07) is 19.9. The van der Waals surface area contributed by atoms with Crippen LogP contribution in [0.3, 0.4) is 0 Å². The number of benzene rings is 3. The summed E-state index contributed by atoms with van der Waals surface area (Å²) in [5, 5.41) is 2.88. The van der Waals surface area contributed by atoms with E-state index in [1.54, 1.807) is 36.4 Å². The molecular formula is C20H17ClN2O3S. The molecule has 0 spiro atoms. The van der Waals surface area contributed by atoms with Gasteiger partial charge in [0.2, 0.25) is 0 Å². The average Bonchev–Trinajstić information content (AvgIpc) is 2.62. The molecule has 0 aliphatic rings. The van der Waals surface area contributed by atoms with Gasteiger partial charge in [0.1, 0.15) is 0 Å². The Bertz CT molecular complexity index is 1070. The van der Waals surface area contributed by atoms with Crippen LogP contribution >= 0.6 is 11.6 Å². The van der Waals surface area contributed by atoms with E-state index in [0.717, 1.165) is 5.56 Å². The lowest BCUT2D eigenvalue weighted by Crippen LogP contribution is -2.14. The summed E-state index contributed by atoms with van der Waals surface area (Å²) in [6.45, 7) is 1.88. The number of nitrogens with one attached hydrogen (secondary N) is 2. The van der Waals surface area contributed by atoms with Gasteiger partial charge in [0.25, 0.3) is 15.9 Å². The Hall–Kier alpha value is -2.83. The van der Waals surface area contributed by atoms with E-state index in [1.165, 1.54) is 30.3 Å². The molecule has 2 N–H and O–H groups in total. The molecule has 5 nitrogen and oxygen atoms in total. The molecule has 7 heteroatoms. The number of halogens is 1. The normalized spacial score (nSPS) is 11.0.